The molecule has 0 amide bonds. The maximum absolute atomic E-state index is 6.16. The van der Waals surface area contributed by atoms with Gasteiger partial charge in [-0.15, -0.1) is 0 Å². The summed E-state index contributed by atoms with van der Waals surface area (Å²) in [6.45, 7) is 10.3. The van der Waals surface area contributed by atoms with E-state index in [1.165, 1.54) is 11.4 Å². The van der Waals surface area contributed by atoms with Gasteiger partial charge in [0, 0.05) is 31.7 Å². The lowest BCUT2D eigenvalue weighted by Gasteiger charge is -2.37. The Morgan fingerprint density at radius 3 is 2.50 bits per heavy atom. The lowest BCUT2D eigenvalue weighted by atomic mass is 10.0. The van der Waals surface area contributed by atoms with E-state index in [1.807, 2.05) is 11.7 Å². The zero-order chi connectivity index (χ0) is 14.9. The molecular formula is C15H28N4O. The van der Waals surface area contributed by atoms with Gasteiger partial charge in [-0.2, -0.15) is 5.10 Å². The molecule has 2 heterocycles. The number of hydrogen-bond acceptors (Lipinski definition) is 4. The van der Waals surface area contributed by atoms with Crippen molar-refractivity contribution in [2.45, 2.75) is 58.8 Å². The van der Waals surface area contributed by atoms with Gasteiger partial charge in [-0.1, -0.05) is 6.92 Å². The summed E-state index contributed by atoms with van der Waals surface area (Å²) in [7, 11) is 2.02. The number of nitrogens with zero attached hydrogens (tertiary/aromatic N) is 3. The largest absolute Gasteiger partial charge is 0.372 e. The van der Waals surface area contributed by atoms with E-state index in [9.17, 15) is 0 Å². The van der Waals surface area contributed by atoms with Gasteiger partial charge in [0.1, 0.15) is 5.82 Å². The molecule has 3 atom stereocenters. The minimum absolute atomic E-state index is 0.201. The third-order valence-corrected chi connectivity index (χ3v) is 4.02. The van der Waals surface area contributed by atoms with Gasteiger partial charge in [-0.05, 0) is 33.6 Å². The van der Waals surface area contributed by atoms with Gasteiger partial charge >= 0.3 is 0 Å². The molecule has 2 N–H and O–H groups in total. The second-order valence-electron chi connectivity index (χ2n) is 6.05. The fourth-order valence-electron chi connectivity index (χ4n) is 3.08. The van der Waals surface area contributed by atoms with E-state index in [0.717, 1.165) is 31.6 Å². The summed E-state index contributed by atoms with van der Waals surface area (Å²) in [5.74, 6) is 1.22. The molecule has 5 nitrogen and oxygen atoms in total. The van der Waals surface area contributed by atoms with Crippen LogP contribution in [-0.2, 0) is 18.2 Å². The molecule has 1 aliphatic heterocycles. The van der Waals surface area contributed by atoms with Gasteiger partial charge in [0.05, 0.1) is 17.9 Å². The van der Waals surface area contributed by atoms with E-state index < -0.39 is 0 Å². The number of anilines is 1. The quantitative estimate of drug-likeness (QED) is 0.910. The monoisotopic (exact) mass is 280 g/mol. The van der Waals surface area contributed by atoms with E-state index in [-0.39, 0.29) is 18.2 Å². The Hall–Kier alpha value is -1.07. The maximum atomic E-state index is 6.16. The first kappa shape index (κ1) is 15.3. The Morgan fingerprint density at radius 2 is 1.95 bits per heavy atom. The minimum atomic E-state index is 0.201. The average molecular weight is 280 g/mol. The molecule has 0 aliphatic carbocycles. The summed E-state index contributed by atoms with van der Waals surface area (Å²) in [6.07, 6.45) is 2.39. The van der Waals surface area contributed by atoms with Crippen molar-refractivity contribution in [2.75, 3.05) is 18.0 Å². The summed E-state index contributed by atoms with van der Waals surface area (Å²) in [4.78, 5) is 2.40. The first-order chi connectivity index (χ1) is 9.42. The van der Waals surface area contributed by atoms with E-state index in [4.69, 9.17) is 10.5 Å². The lowest BCUT2D eigenvalue weighted by Crippen LogP contribution is -2.46. The Kier molecular flexibility index (Phi) is 4.70. The molecule has 0 bridgehead atoms. The van der Waals surface area contributed by atoms with Gasteiger partial charge in [-0.3, -0.25) is 4.68 Å². The number of rotatable bonds is 4. The fourth-order valence-corrected chi connectivity index (χ4v) is 3.08. The Labute approximate surface area is 122 Å². The zero-order valence-electron chi connectivity index (χ0n) is 13.4. The van der Waals surface area contributed by atoms with Crippen molar-refractivity contribution >= 4 is 5.82 Å². The summed E-state index contributed by atoms with van der Waals surface area (Å²) >= 11 is 0. The van der Waals surface area contributed by atoms with Crippen LogP contribution in [0.25, 0.3) is 0 Å². The topological polar surface area (TPSA) is 56.3 Å². The van der Waals surface area contributed by atoms with Crippen molar-refractivity contribution in [1.29, 1.82) is 0 Å². The molecule has 114 valence electrons. The van der Waals surface area contributed by atoms with Gasteiger partial charge in [0.25, 0.3) is 0 Å². The Balaban J connectivity index is 2.30. The number of morpholine rings is 1. The van der Waals surface area contributed by atoms with Crippen molar-refractivity contribution in [3.63, 3.8) is 0 Å². The molecule has 1 saturated heterocycles. The third kappa shape index (κ3) is 3.15. The second-order valence-corrected chi connectivity index (χ2v) is 6.05. The number of nitrogens with two attached hydrogens (primary N) is 1. The predicted octanol–water partition coefficient (Wildman–Crippen LogP) is 1.62. The molecule has 0 aromatic carbocycles. The SMILES string of the molecule is CCC(N)Cc1c(C)nn(C)c1N1C[C@@H](C)O[C@@H](C)C1. The smallest absolute Gasteiger partial charge is 0.130 e. The molecule has 0 spiro atoms. The number of ether oxygens (including phenoxy) is 1. The molecular weight excluding hydrogens is 252 g/mol. The highest BCUT2D eigenvalue weighted by atomic mass is 16.5. The van der Waals surface area contributed by atoms with Gasteiger partial charge < -0.3 is 15.4 Å². The molecule has 1 aliphatic rings. The van der Waals surface area contributed by atoms with Gasteiger partial charge in [-0.25, -0.2) is 0 Å². The van der Waals surface area contributed by atoms with Crippen LogP contribution in [0.3, 0.4) is 0 Å². The summed E-state index contributed by atoms with van der Waals surface area (Å²) in [6, 6.07) is 0.201. The van der Waals surface area contributed by atoms with Crippen molar-refractivity contribution in [3.05, 3.63) is 11.3 Å². The molecule has 1 aromatic heterocycles. The molecule has 1 fully saturated rings. The first-order valence-electron chi connectivity index (χ1n) is 7.60. The van der Waals surface area contributed by atoms with Gasteiger partial charge in [0.15, 0.2) is 0 Å². The summed E-state index contributed by atoms with van der Waals surface area (Å²) in [5.41, 5.74) is 8.55. The normalized spacial score (nSPS) is 25.0. The average Bonchev–Trinajstić information content (AvgIpc) is 2.62. The van der Waals surface area contributed by atoms with Gasteiger partial charge in [0.2, 0.25) is 0 Å². The molecule has 20 heavy (non-hydrogen) atoms. The summed E-state index contributed by atoms with van der Waals surface area (Å²) < 4.78 is 7.83. The van der Waals surface area contributed by atoms with Crippen molar-refractivity contribution in [3.8, 4) is 0 Å². The van der Waals surface area contributed by atoms with Crippen LogP contribution in [0.15, 0.2) is 0 Å². The zero-order valence-corrected chi connectivity index (χ0v) is 13.4. The highest BCUT2D eigenvalue weighted by Gasteiger charge is 2.27. The van der Waals surface area contributed by atoms with Crippen LogP contribution in [0.1, 0.15) is 38.4 Å². The van der Waals surface area contributed by atoms with Crippen LogP contribution in [0.2, 0.25) is 0 Å². The molecule has 1 aromatic rings. The molecule has 2 rings (SSSR count). The number of aromatic nitrogens is 2. The van der Waals surface area contributed by atoms with Crippen LogP contribution < -0.4 is 10.6 Å². The van der Waals surface area contributed by atoms with Crippen LogP contribution in [-0.4, -0.2) is 41.1 Å². The molecule has 1 unspecified atom stereocenters. The van der Waals surface area contributed by atoms with E-state index in [1.54, 1.807) is 0 Å². The van der Waals surface area contributed by atoms with E-state index in [2.05, 4.69) is 37.7 Å². The standard InChI is InChI=1S/C15H28N4O/c1-6-13(16)7-14-12(4)17-18(5)15(14)19-8-10(2)20-11(3)9-19/h10-11,13H,6-9,16H2,1-5H3/t10-,11+,13?. The Morgan fingerprint density at radius 1 is 1.35 bits per heavy atom. The van der Waals surface area contributed by atoms with Crippen molar-refractivity contribution in [1.82, 2.24) is 9.78 Å². The highest BCUT2D eigenvalue weighted by molar-refractivity contribution is 5.51. The maximum Gasteiger partial charge on any atom is 0.130 e. The second kappa shape index (κ2) is 6.14. The molecule has 0 radical (unpaired) electrons. The molecule has 5 heteroatoms. The minimum Gasteiger partial charge on any atom is -0.372 e. The van der Waals surface area contributed by atoms with Crippen LogP contribution >= 0.6 is 0 Å². The van der Waals surface area contributed by atoms with Crippen LogP contribution in [0.4, 0.5) is 5.82 Å². The first-order valence-corrected chi connectivity index (χ1v) is 7.60. The van der Waals surface area contributed by atoms with Crippen molar-refractivity contribution in [2.24, 2.45) is 12.8 Å². The summed E-state index contributed by atoms with van der Waals surface area (Å²) in [5, 5.41) is 4.60. The van der Waals surface area contributed by atoms with E-state index >= 15 is 0 Å². The van der Waals surface area contributed by atoms with Crippen LogP contribution in [0.5, 0.6) is 0 Å². The molecule has 0 saturated carbocycles. The third-order valence-electron chi connectivity index (χ3n) is 4.02. The van der Waals surface area contributed by atoms with E-state index in [0.29, 0.717) is 0 Å². The van der Waals surface area contributed by atoms with Crippen molar-refractivity contribution < 1.29 is 4.74 Å². The Bertz CT molecular complexity index is 447. The predicted molar refractivity (Wildman–Crippen MR) is 82.1 cm³/mol. The lowest BCUT2D eigenvalue weighted by molar-refractivity contribution is -0.00569. The number of aryl methyl sites for hydroxylation is 2. The highest BCUT2D eigenvalue weighted by Crippen LogP contribution is 2.27. The fraction of sp³-hybridized carbons (Fsp3) is 0.800. The van der Waals surface area contributed by atoms with Crippen LogP contribution in [0, 0.1) is 6.92 Å². The number of hydrogen-bond donors (Lipinski definition) is 1.